The molecule has 1 amide bonds. The molecule has 0 aliphatic rings. The number of benzene rings is 1. The van der Waals surface area contributed by atoms with Gasteiger partial charge in [-0.25, -0.2) is 4.98 Å². The fraction of sp³-hybridized carbons (Fsp3) is 0.235. The van der Waals surface area contributed by atoms with E-state index in [0.717, 1.165) is 26.7 Å². The number of rotatable bonds is 6. The molecule has 1 aromatic carbocycles. The molecule has 7 heteroatoms. The van der Waals surface area contributed by atoms with E-state index in [0.29, 0.717) is 6.54 Å². The molecule has 0 atom stereocenters. The number of fused-ring (bicyclic) bond motifs is 1. The molecule has 24 heavy (non-hydrogen) atoms. The summed E-state index contributed by atoms with van der Waals surface area (Å²) >= 11 is 1.54. The number of methoxy groups -OCH3 is 1. The van der Waals surface area contributed by atoms with Gasteiger partial charge < -0.3 is 15.0 Å². The van der Waals surface area contributed by atoms with E-state index in [1.54, 1.807) is 19.5 Å². The maximum Gasteiger partial charge on any atom is 0.239 e. The summed E-state index contributed by atoms with van der Waals surface area (Å²) in [5, 5.41) is 3.69. The number of nitrogens with zero attached hydrogens (tertiary/aromatic N) is 3. The molecule has 0 spiro atoms. The second-order valence-corrected chi connectivity index (χ2v) is 6.30. The van der Waals surface area contributed by atoms with Crippen LogP contribution >= 0.6 is 11.3 Å². The highest BCUT2D eigenvalue weighted by molar-refractivity contribution is 7.22. The molecule has 2 aromatic heterocycles. The van der Waals surface area contributed by atoms with E-state index in [1.165, 1.54) is 11.3 Å². The van der Waals surface area contributed by atoms with E-state index in [9.17, 15) is 4.79 Å². The van der Waals surface area contributed by atoms with Gasteiger partial charge in [-0.05, 0) is 29.8 Å². The standard InChI is InChI=1S/C17H18N4O2S/c1-21(11-15(22)19-10-12-6-8-18-9-7-12)17-20-16-13(23-2)4-3-5-14(16)24-17/h3-9H,10-11H2,1-2H3,(H,19,22). The Morgan fingerprint density at radius 3 is 2.83 bits per heavy atom. The summed E-state index contributed by atoms with van der Waals surface area (Å²) in [6.07, 6.45) is 3.42. The zero-order valence-electron chi connectivity index (χ0n) is 13.5. The Labute approximate surface area is 144 Å². The van der Waals surface area contributed by atoms with Gasteiger partial charge in [0.2, 0.25) is 5.91 Å². The largest absolute Gasteiger partial charge is 0.494 e. The lowest BCUT2D eigenvalue weighted by molar-refractivity contribution is -0.119. The van der Waals surface area contributed by atoms with Crippen LogP contribution in [-0.2, 0) is 11.3 Å². The van der Waals surface area contributed by atoms with Gasteiger partial charge in [-0.15, -0.1) is 0 Å². The lowest BCUT2D eigenvalue weighted by atomic mass is 10.3. The number of hydrogen-bond acceptors (Lipinski definition) is 6. The van der Waals surface area contributed by atoms with Gasteiger partial charge >= 0.3 is 0 Å². The number of ether oxygens (including phenoxy) is 1. The Hall–Kier alpha value is -2.67. The monoisotopic (exact) mass is 342 g/mol. The summed E-state index contributed by atoms with van der Waals surface area (Å²) in [5.41, 5.74) is 1.84. The number of para-hydroxylation sites is 1. The number of aromatic nitrogens is 2. The molecular formula is C17H18N4O2S. The van der Waals surface area contributed by atoms with Crippen LogP contribution in [-0.4, -0.2) is 36.6 Å². The van der Waals surface area contributed by atoms with Crippen LogP contribution in [0, 0.1) is 0 Å². The molecule has 3 rings (SSSR count). The number of pyridine rings is 1. The topological polar surface area (TPSA) is 67.3 Å². The fourth-order valence-corrected chi connectivity index (χ4v) is 3.22. The molecule has 0 aliphatic carbocycles. The highest BCUT2D eigenvalue weighted by Crippen LogP contribution is 2.33. The summed E-state index contributed by atoms with van der Waals surface area (Å²) in [4.78, 5) is 22.5. The maximum atomic E-state index is 12.1. The average molecular weight is 342 g/mol. The third-order valence-electron chi connectivity index (χ3n) is 3.54. The van der Waals surface area contributed by atoms with Gasteiger partial charge in [0.05, 0.1) is 18.4 Å². The number of nitrogens with one attached hydrogen (secondary N) is 1. The van der Waals surface area contributed by atoms with E-state index >= 15 is 0 Å². The number of thiazole rings is 1. The molecule has 0 saturated carbocycles. The van der Waals surface area contributed by atoms with Crippen LogP contribution in [0.2, 0.25) is 0 Å². The average Bonchev–Trinajstić information content (AvgIpc) is 3.05. The SMILES string of the molecule is COc1cccc2sc(N(C)CC(=O)NCc3ccncc3)nc12. The first kappa shape index (κ1) is 16.2. The van der Waals surface area contributed by atoms with Crippen LogP contribution in [0.5, 0.6) is 5.75 Å². The molecule has 6 nitrogen and oxygen atoms in total. The van der Waals surface area contributed by atoms with E-state index < -0.39 is 0 Å². The molecule has 1 N–H and O–H groups in total. The van der Waals surface area contributed by atoms with Gasteiger partial charge in [-0.1, -0.05) is 17.4 Å². The summed E-state index contributed by atoms with van der Waals surface area (Å²) in [6.45, 7) is 0.732. The Morgan fingerprint density at radius 1 is 1.29 bits per heavy atom. The van der Waals surface area contributed by atoms with Crippen molar-refractivity contribution in [3.8, 4) is 5.75 Å². The van der Waals surface area contributed by atoms with Gasteiger partial charge in [0, 0.05) is 26.0 Å². The lowest BCUT2D eigenvalue weighted by Crippen LogP contribution is -2.34. The molecule has 0 unspecified atom stereocenters. The number of likely N-dealkylation sites (N-methyl/N-ethyl adjacent to an activating group) is 1. The summed E-state index contributed by atoms with van der Waals surface area (Å²) < 4.78 is 6.37. The molecule has 0 radical (unpaired) electrons. The number of amides is 1. The van der Waals surface area contributed by atoms with Crippen molar-refractivity contribution in [3.63, 3.8) is 0 Å². The van der Waals surface area contributed by atoms with Gasteiger partial charge in [0.25, 0.3) is 0 Å². The van der Waals surface area contributed by atoms with Crippen LogP contribution in [0.4, 0.5) is 5.13 Å². The van der Waals surface area contributed by atoms with Crippen LogP contribution < -0.4 is 15.0 Å². The Kier molecular flexibility index (Phi) is 4.90. The van der Waals surface area contributed by atoms with E-state index in [1.807, 2.05) is 42.3 Å². The minimum atomic E-state index is -0.0551. The van der Waals surface area contributed by atoms with Gasteiger partial charge in [-0.3, -0.25) is 9.78 Å². The molecule has 0 bridgehead atoms. The zero-order chi connectivity index (χ0) is 16.9. The fourth-order valence-electron chi connectivity index (χ4n) is 2.28. The number of carbonyl (C=O) groups is 1. The molecule has 0 saturated heterocycles. The van der Waals surface area contributed by atoms with Crippen LogP contribution in [0.25, 0.3) is 10.2 Å². The van der Waals surface area contributed by atoms with E-state index in [2.05, 4.69) is 15.3 Å². The third kappa shape index (κ3) is 3.62. The van der Waals surface area contributed by atoms with Gasteiger partial charge in [0.1, 0.15) is 11.3 Å². The Bertz CT molecular complexity index is 835. The number of anilines is 1. The van der Waals surface area contributed by atoms with Crippen LogP contribution in [0.1, 0.15) is 5.56 Å². The zero-order valence-corrected chi connectivity index (χ0v) is 14.3. The quantitative estimate of drug-likeness (QED) is 0.745. The highest BCUT2D eigenvalue weighted by Gasteiger charge is 2.14. The van der Waals surface area contributed by atoms with Crippen molar-refractivity contribution in [3.05, 3.63) is 48.3 Å². The highest BCUT2D eigenvalue weighted by atomic mass is 32.1. The van der Waals surface area contributed by atoms with Crippen molar-refractivity contribution in [1.82, 2.24) is 15.3 Å². The first-order valence-corrected chi connectivity index (χ1v) is 8.29. The van der Waals surface area contributed by atoms with Crippen LogP contribution in [0.3, 0.4) is 0 Å². The Morgan fingerprint density at radius 2 is 2.08 bits per heavy atom. The minimum Gasteiger partial charge on any atom is -0.494 e. The minimum absolute atomic E-state index is 0.0551. The van der Waals surface area contributed by atoms with E-state index in [4.69, 9.17) is 4.74 Å². The first-order chi connectivity index (χ1) is 11.7. The van der Waals surface area contributed by atoms with E-state index in [-0.39, 0.29) is 12.5 Å². The molecule has 0 fully saturated rings. The first-order valence-electron chi connectivity index (χ1n) is 7.47. The lowest BCUT2D eigenvalue weighted by Gasteiger charge is -2.15. The van der Waals surface area contributed by atoms with Crippen molar-refractivity contribution in [1.29, 1.82) is 0 Å². The number of carbonyl (C=O) groups excluding carboxylic acids is 1. The second-order valence-electron chi connectivity index (χ2n) is 5.29. The Balaban J connectivity index is 1.64. The van der Waals surface area contributed by atoms with Crippen molar-refractivity contribution in [2.75, 3.05) is 25.6 Å². The molecular weight excluding hydrogens is 324 g/mol. The molecule has 0 aliphatic heterocycles. The maximum absolute atomic E-state index is 12.1. The summed E-state index contributed by atoms with van der Waals surface area (Å²) in [6, 6.07) is 9.57. The van der Waals surface area contributed by atoms with Crippen LogP contribution in [0.15, 0.2) is 42.7 Å². The van der Waals surface area contributed by atoms with Gasteiger partial charge in [-0.2, -0.15) is 0 Å². The van der Waals surface area contributed by atoms with Gasteiger partial charge in [0.15, 0.2) is 5.13 Å². The molecule has 3 aromatic rings. The second kappa shape index (κ2) is 7.27. The van der Waals surface area contributed by atoms with Crippen molar-refractivity contribution >= 4 is 32.6 Å². The summed E-state index contributed by atoms with van der Waals surface area (Å²) in [5.74, 6) is 0.686. The summed E-state index contributed by atoms with van der Waals surface area (Å²) in [7, 11) is 3.49. The predicted octanol–water partition coefficient (Wildman–Crippen LogP) is 2.45. The van der Waals surface area contributed by atoms with Crippen molar-refractivity contribution in [2.24, 2.45) is 0 Å². The smallest absolute Gasteiger partial charge is 0.239 e. The molecule has 124 valence electrons. The normalized spacial score (nSPS) is 10.6. The van der Waals surface area contributed by atoms with Crippen molar-refractivity contribution in [2.45, 2.75) is 6.54 Å². The number of hydrogen-bond donors (Lipinski definition) is 1. The predicted molar refractivity (Wildman–Crippen MR) is 95.5 cm³/mol. The third-order valence-corrected chi connectivity index (χ3v) is 4.67. The van der Waals surface area contributed by atoms with Crippen molar-refractivity contribution < 1.29 is 9.53 Å². The molecule has 2 heterocycles.